The van der Waals surface area contributed by atoms with Crippen LogP contribution in [0.4, 0.5) is 0 Å². The van der Waals surface area contributed by atoms with Crippen molar-refractivity contribution in [1.82, 2.24) is 14.9 Å². The molecule has 134 valence electrons. The monoisotopic (exact) mass is 407 g/mol. The molecule has 0 aliphatic carbocycles. The summed E-state index contributed by atoms with van der Waals surface area (Å²) in [6.07, 6.45) is 3.72. The molecule has 0 saturated carbocycles. The van der Waals surface area contributed by atoms with E-state index in [0.717, 1.165) is 17.0 Å². The number of carbonyl (C=O) groups is 1. The molecule has 4 nitrogen and oxygen atoms in total. The molecule has 0 radical (unpaired) electrons. The molecule has 0 fully saturated rings. The van der Waals surface area contributed by atoms with Crippen LogP contribution in [0.25, 0.3) is 0 Å². The zero-order chi connectivity index (χ0) is 18.7. The Bertz CT molecular complexity index is 922. The SMILES string of the molecule is Cn1ccnc1[C@@H](NC(=O)Cc1ccc(Cl)c(Cl)c1)c1ccc(Cl)cc1. The van der Waals surface area contributed by atoms with Crippen LogP contribution in [0.1, 0.15) is 23.0 Å². The van der Waals surface area contributed by atoms with Crippen molar-refractivity contribution < 1.29 is 4.79 Å². The summed E-state index contributed by atoms with van der Waals surface area (Å²) in [4.78, 5) is 17.0. The highest BCUT2D eigenvalue weighted by atomic mass is 35.5. The van der Waals surface area contributed by atoms with Crippen molar-refractivity contribution in [1.29, 1.82) is 0 Å². The maximum absolute atomic E-state index is 12.6. The number of nitrogens with one attached hydrogen (secondary N) is 1. The fourth-order valence-electron chi connectivity index (χ4n) is 2.65. The number of halogens is 3. The fourth-order valence-corrected chi connectivity index (χ4v) is 3.10. The Morgan fingerprint density at radius 2 is 1.85 bits per heavy atom. The van der Waals surface area contributed by atoms with Gasteiger partial charge >= 0.3 is 0 Å². The molecule has 1 heterocycles. The third kappa shape index (κ3) is 4.39. The van der Waals surface area contributed by atoms with Crippen LogP contribution < -0.4 is 5.32 Å². The van der Waals surface area contributed by atoms with Gasteiger partial charge in [-0.1, -0.05) is 53.0 Å². The topological polar surface area (TPSA) is 46.9 Å². The van der Waals surface area contributed by atoms with E-state index in [2.05, 4.69) is 10.3 Å². The van der Waals surface area contributed by atoms with Gasteiger partial charge in [-0.05, 0) is 35.4 Å². The molecule has 0 bridgehead atoms. The van der Waals surface area contributed by atoms with Crippen LogP contribution in [0, 0.1) is 0 Å². The van der Waals surface area contributed by atoms with Crippen LogP contribution in [0.3, 0.4) is 0 Å². The standard InChI is InChI=1S/C19H16Cl3N3O/c1-25-9-8-23-19(25)18(13-3-5-14(20)6-4-13)24-17(26)11-12-2-7-15(21)16(22)10-12/h2-10,18H,11H2,1H3,(H,24,26)/t18-/m0/s1. The molecule has 0 spiro atoms. The number of hydrogen-bond donors (Lipinski definition) is 1. The minimum absolute atomic E-state index is 0.147. The van der Waals surface area contributed by atoms with Gasteiger partial charge in [0.25, 0.3) is 0 Å². The van der Waals surface area contributed by atoms with E-state index in [-0.39, 0.29) is 18.4 Å². The van der Waals surface area contributed by atoms with Crippen molar-refractivity contribution in [3.05, 3.63) is 86.9 Å². The van der Waals surface area contributed by atoms with E-state index in [1.54, 1.807) is 36.5 Å². The number of hydrogen-bond acceptors (Lipinski definition) is 2. The van der Waals surface area contributed by atoms with Gasteiger partial charge in [0.1, 0.15) is 11.9 Å². The summed E-state index contributed by atoms with van der Waals surface area (Å²) in [5.41, 5.74) is 1.68. The third-order valence-electron chi connectivity index (χ3n) is 3.97. The Labute approximate surface area is 166 Å². The van der Waals surface area contributed by atoms with Crippen molar-refractivity contribution in [3.8, 4) is 0 Å². The second-order valence-corrected chi connectivity index (χ2v) is 7.12. The van der Waals surface area contributed by atoms with Crippen LogP contribution >= 0.6 is 34.8 Å². The summed E-state index contributed by atoms with van der Waals surface area (Å²) in [6, 6.07) is 12.1. The van der Waals surface area contributed by atoms with E-state index in [0.29, 0.717) is 15.1 Å². The molecule has 1 atom stereocenters. The number of imidazole rings is 1. The smallest absolute Gasteiger partial charge is 0.225 e. The molecule has 0 unspecified atom stereocenters. The Morgan fingerprint density at radius 3 is 2.46 bits per heavy atom. The molecular formula is C19H16Cl3N3O. The Morgan fingerprint density at radius 1 is 1.12 bits per heavy atom. The van der Waals surface area contributed by atoms with Crippen molar-refractivity contribution >= 4 is 40.7 Å². The molecule has 0 saturated heterocycles. The van der Waals surface area contributed by atoms with E-state index in [1.807, 2.05) is 29.9 Å². The summed E-state index contributed by atoms with van der Waals surface area (Å²) >= 11 is 17.9. The molecule has 7 heteroatoms. The lowest BCUT2D eigenvalue weighted by Crippen LogP contribution is -2.32. The lowest BCUT2D eigenvalue weighted by Gasteiger charge is -2.19. The lowest BCUT2D eigenvalue weighted by molar-refractivity contribution is -0.121. The number of amides is 1. The van der Waals surface area contributed by atoms with Gasteiger partial charge in [-0.25, -0.2) is 4.98 Å². The van der Waals surface area contributed by atoms with E-state index in [1.165, 1.54) is 0 Å². The Balaban J connectivity index is 1.83. The van der Waals surface area contributed by atoms with Gasteiger partial charge in [-0.3, -0.25) is 4.79 Å². The van der Waals surface area contributed by atoms with Gasteiger partial charge in [0.15, 0.2) is 0 Å². The number of nitrogens with zero attached hydrogens (tertiary/aromatic N) is 2. The highest BCUT2D eigenvalue weighted by Crippen LogP contribution is 2.24. The van der Waals surface area contributed by atoms with Crippen LogP contribution in [-0.4, -0.2) is 15.5 Å². The number of aryl methyl sites for hydroxylation is 1. The third-order valence-corrected chi connectivity index (χ3v) is 4.97. The molecular weight excluding hydrogens is 393 g/mol. The minimum atomic E-state index is -0.387. The molecule has 1 amide bonds. The summed E-state index contributed by atoms with van der Waals surface area (Å²) in [5.74, 6) is 0.584. The summed E-state index contributed by atoms with van der Waals surface area (Å²) in [7, 11) is 1.89. The highest BCUT2D eigenvalue weighted by Gasteiger charge is 2.21. The molecule has 1 N–H and O–H groups in total. The maximum Gasteiger partial charge on any atom is 0.225 e. The number of rotatable bonds is 5. The quantitative estimate of drug-likeness (QED) is 0.657. The first-order valence-corrected chi connectivity index (χ1v) is 9.03. The van der Waals surface area contributed by atoms with Crippen LogP contribution in [0.15, 0.2) is 54.9 Å². The van der Waals surface area contributed by atoms with Gasteiger partial charge in [-0.15, -0.1) is 0 Å². The zero-order valence-corrected chi connectivity index (χ0v) is 16.2. The largest absolute Gasteiger partial charge is 0.342 e. The van der Waals surface area contributed by atoms with Crippen molar-refractivity contribution in [3.63, 3.8) is 0 Å². The number of carbonyl (C=O) groups excluding carboxylic acids is 1. The molecule has 3 aromatic rings. The second-order valence-electron chi connectivity index (χ2n) is 5.87. The number of benzene rings is 2. The maximum atomic E-state index is 12.6. The average Bonchev–Trinajstić information content (AvgIpc) is 3.03. The molecule has 1 aromatic heterocycles. The zero-order valence-electron chi connectivity index (χ0n) is 13.9. The molecule has 0 aliphatic heterocycles. The summed E-state index contributed by atoms with van der Waals surface area (Å²) in [6.45, 7) is 0. The Kier molecular flexibility index (Phi) is 5.87. The van der Waals surface area contributed by atoms with E-state index < -0.39 is 0 Å². The molecule has 26 heavy (non-hydrogen) atoms. The fraction of sp³-hybridized carbons (Fsp3) is 0.158. The molecule has 0 aliphatic rings. The molecule has 2 aromatic carbocycles. The first-order valence-electron chi connectivity index (χ1n) is 7.90. The van der Waals surface area contributed by atoms with Crippen molar-refractivity contribution in [2.75, 3.05) is 0 Å². The number of aromatic nitrogens is 2. The predicted octanol–water partition coefficient (Wildman–Crippen LogP) is 4.83. The molecule has 3 rings (SSSR count). The van der Waals surface area contributed by atoms with Gasteiger partial charge in [0, 0.05) is 24.5 Å². The van der Waals surface area contributed by atoms with E-state index in [9.17, 15) is 4.79 Å². The highest BCUT2D eigenvalue weighted by molar-refractivity contribution is 6.42. The van der Waals surface area contributed by atoms with Gasteiger partial charge in [-0.2, -0.15) is 0 Å². The van der Waals surface area contributed by atoms with Crippen LogP contribution in [0.5, 0.6) is 0 Å². The van der Waals surface area contributed by atoms with Crippen LogP contribution in [-0.2, 0) is 18.3 Å². The minimum Gasteiger partial charge on any atom is -0.342 e. The van der Waals surface area contributed by atoms with Crippen LogP contribution in [0.2, 0.25) is 15.1 Å². The van der Waals surface area contributed by atoms with Crippen molar-refractivity contribution in [2.24, 2.45) is 7.05 Å². The summed E-state index contributed by atoms with van der Waals surface area (Å²) in [5, 5.41) is 4.56. The normalized spacial score (nSPS) is 12.0. The van der Waals surface area contributed by atoms with Gasteiger partial charge < -0.3 is 9.88 Å². The van der Waals surface area contributed by atoms with Gasteiger partial charge in [0.05, 0.1) is 16.5 Å². The van der Waals surface area contributed by atoms with E-state index in [4.69, 9.17) is 34.8 Å². The second kappa shape index (κ2) is 8.12. The first kappa shape index (κ1) is 18.8. The predicted molar refractivity (Wildman–Crippen MR) is 105 cm³/mol. The average molecular weight is 409 g/mol. The summed E-state index contributed by atoms with van der Waals surface area (Å²) < 4.78 is 1.87. The van der Waals surface area contributed by atoms with Gasteiger partial charge in [0.2, 0.25) is 5.91 Å². The Hall–Kier alpha value is -2.01. The first-order chi connectivity index (χ1) is 12.4. The van der Waals surface area contributed by atoms with E-state index >= 15 is 0 Å². The van der Waals surface area contributed by atoms with Crippen molar-refractivity contribution in [2.45, 2.75) is 12.5 Å². The lowest BCUT2D eigenvalue weighted by atomic mass is 10.1.